The molecule has 274 valence electrons. The Morgan fingerprint density at radius 3 is 2.18 bits per heavy atom. The van der Waals surface area contributed by atoms with Crippen molar-refractivity contribution in [2.45, 2.75) is 76.0 Å². The molecular formula is C41H53F2N5O3. The minimum atomic E-state index is -1.04. The topological polar surface area (TPSA) is 85.0 Å². The van der Waals surface area contributed by atoms with Crippen LogP contribution >= 0.6 is 0 Å². The number of hydrogen-bond donors (Lipinski definition) is 2. The van der Waals surface area contributed by atoms with Crippen LogP contribution in [0.5, 0.6) is 0 Å². The third-order valence-electron chi connectivity index (χ3n) is 10.1. The van der Waals surface area contributed by atoms with E-state index in [0.717, 1.165) is 54.6 Å². The smallest absolute Gasteiger partial charge is 0.246 e. The fourth-order valence-corrected chi connectivity index (χ4v) is 6.41. The maximum absolute atomic E-state index is 14.5. The summed E-state index contributed by atoms with van der Waals surface area (Å²) in [5.74, 6) is -3.21. The third-order valence-corrected chi connectivity index (χ3v) is 10.1. The van der Waals surface area contributed by atoms with Gasteiger partial charge in [-0.3, -0.25) is 14.4 Å². The van der Waals surface area contributed by atoms with Crippen LogP contribution in [0.2, 0.25) is 0 Å². The van der Waals surface area contributed by atoms with Gasteiger partial charge >= 0.3 is 0 Å². The lowest BCUT2D eigenvalue weighted by Gasteiger charge is -2.34. The van der Waals surface area contributed by atoms with E-state index >= 15 is 0 Å². The zero-order valence-electron chi connectivity index (χ0n) is 30.8. The second-order valence-corrected chi connectivity index (χ2v) is 14.2. The molecule has 51 heavy (non-hydrogen) atoms. The van der Waals surface area contributed by atoms with Crippen LogP contribution in [0, 0.1) is 11.6 Å². The number of hydrogen-bond acceptors (Lipinski definition) is 5. The van der Waals surface area contributed by atoms with E-state index in [1.165, 1.54) is 29.0 Å². The lowest BCUT2D eigenvalue weighted by molar-refractivity contribution is -0.146. The maximum atomic E-state index is 14.5. The molecule has 3 atom stereocenters. The summed E-state index contributed by atoms with van der Waals surface area (Å²) in [5, 5.41) is 6.21. The highest BCUT2D eigenvalue weighted by Gasteiger charge is 2.35. The summed E-state index contributed by atoms with van der Waals surface area (Å²) in [7, 11) is 7.05. The molecule has 4 rings (SSSR count). The molecule has 1 fully saturated rings. The molecule has 8 nitrogen and oxygen atoms in total. The van der Waals surface area contributed by atoms with Crippen LogP contribution in [0.15, 0.2) is 84.9 Å². The number of benzene rings is 3. The highest BCUT2D eigenvalue weighted by atomic mass is 19.2. The number of carbonyl (C=O) groups excluding carboxylic acids is 3. The van der Waals surface area contributed by atoms with Gasteiger partial charge in [0.1, 0.15) is 12.1 Å². The Morgan fingerprint density at radius 2 is 1.55 bits per heavy atom. The number of carbonyl (C=O) groups is 3. The van der Waals surface area contributed by atoms with Crippen molar-refractivity contribution in [1.82, 2.24) is 25.3 Å². The Labute approximate surface area is 301 Å². The minimum absolute atomic E-state index is 0.0379. The zero-order chi connectivity index (χ0) is 37.1. The van der Waals surface area contributed by atoms with Crippen LogP contribution in [0.25, 0.3) is 11.1 Å². The molecule has 1 unspecified atom stereocenters. The number of halogens is 2. The monoisotopic (exact) mass is 701 g/mol. The van der Waals surface area contributed by atoms with Crippen molar-refractivity contribution in [3.05, 3.63) is 108 Å². The van der Waals surface area contributed by atoms with Gasteiger partial charge in [0.25, 0.3) is 0 Å². The van der Waals surface area contributed by atoms with Crippen LogP contribution < -0.4 is 10.6 Å². The van der Waals surface area contributed by atoms with Gasteiger partial charge in [0, 0.05) is 45.1 Å². The molecule has 0 spiro atoms. The third kappa shape index (κ3) is 11.0. The predicted molar refractivity (Wildman–Crippen MR) is 199 cm³/mol. The number of rotatable bonds is 16. The number of likely N-dealkylation sites (tertiary alicyclic amines) is 1. The Balaban J connectivity index is 1.61. The van der Waals surface area contributed by atoms with Gasteiger partial charge in [-0.25, -0.2) is 8.78 Å². The molecule has 0 bridgehead atoms. The van der Waals surface area contributed by atoms with Crippen molar-refractivity contribution >= 4 is 17.7 Å². The van der Waals surface area contributed by atoms with Gasteiger partial charge in [-0.2, -0.15) is 0 Å². The maximum Gasteiger partial charge on any atom is 0.246 e. The first-order valence-corrected chi connectivity index (χ1v) is 17.7. The lowest BCUT2D eigenvalue weighted by Crippen LogP contribution is -2.56. The molecule has 3 aromatic rings. The largest absolute Gasteiger partial charge is 0.354 e. The van der Waals surface area contributed by atoms with Gasteiger partial charge in [-0.15, -0.1) is 0 Å². The Bertz CT molecular complexity index is 1650. The SMILES string of the molecule is CNC(C)(C)CC=CC(=O)N(C)[C@H](Cc1ccc(-c2ccccc2)cc1)C(=O)N(C)[C@H](Cc1ccc(F)c(F)c1)C(=O)NCCC1CCCN1C. The summed E-state index contributed by atoms with van der Waals surface area (Å²) in [4.78, 5) is 47.0. The molecule has 2 N–H and O–H groups in total. The van der Waals surface area contributed by atoms with E-state index in [9.17, 15) is 23.2 Å². The van der Waals surface area contributed by atoms with E-state index in [1.807, 2.05) is 75.5 Å². The molecule has 0 saturated carbocycles. The minimum Gasteiger partial charge on any atom is -0.354 e. The average Bonchev–Trinajstić information content (AvgIpc) is 3.54. The number of amides is 3. The lowest BCUT2D eigenvalue weighted by atomic mass is 9.98. The van der Waals surface area contributed by atoms with Crippen molar-refractivity contribution in [2.75, 3.05) is 41.3 Å². The van der Waals surface area contributed by atoms with Crippen molar-refractivity contribution < 1.29 is 23.2 Å². The molecule has 1 aliphatic heterocycles. The van der Waals surface area contributed by atoms with E-state index in [1.54, 1.807) is 13.1 Å². The molecule has 10 heteroatoms. The van der Waals surface area contributed by atoms with E-state index in [0.29, 0.717) is 24.6 Å². The summed E-state index contributed by atoms with van der Waals surface area (Å²) < 4.78 is 28.1. The van der Waals surface area contributed by atoms with Crippen molar-refractivity contribution in [2.24, 2.45) is 0 Å². The average molecular weight is 702 g/mol. The van der Waals surface area contributed by atoms with Gasteiger partial charge in [-0.1, -0.05) is 66.7 Å². The van der Waals surface area contributed by atoms with Crippen molar-refractivity contribution in [3.63, 3.8) is 0 Å². The first-order valence-electron chi connectivity index (χ1n) is 17.7. The summed E-state index contributed by atoms with van der Waals surface area (Å²) in [5.41, 5.74) is 3.06. The van der Waals surface area contributed by atoms with Crippen LogP contribution in [0.4, 0.5) is 8.78 Å². The van der Waals surface area contributed by atoms with E-state index in [4.69, 9.17) is 0 Å². The van der Waals surface area contributed by atoms with Crippen LogP contribution in [-0.4, -0.2) is 97.4 Å². The second-order valence-electron chi connectivity index (χ2n) is 14.2. The quantitative estimate of drug-likeness (QED) is 0.190. The molecule has 0 radical (unpaired) electrons. The molecule has 3 amide bonds. The van der Waals surface area contributed by atoms with Crippen LogP contribution in [0.1, 0.15) is 50.7 Å². The molecule has 0 aromatic heterocycles. The van der Waals surface area contributed by atoms with E-state index < -0.39 is 35.5 Å². The fraction of sp³-hybridized carbons (Fsp3) is 0.439. The van der Waals surface area contributed by atoms with Gasteiger partial charge in [-0.05, 0) is 101 Å². The zero-order valence-corrected chi connectivity index (χ0v) is 30.8. The number of likely N-dealkylation sites (N-methyl/N-ethyl adjacent to an activating group) is 2. The molecule has 3 aromatic carbocycles. The molecule has 1 aliphatic rings. The van der Waals surface area contributed by atoms with Gasteiger partial charge in [0.15, 0.2) is 11.6 Å². The van der Waals surface area contributed by atoms with Gasteiger partial charge in [0.05, 0.1) is 0 Å². The predicted octanol–water partition coefficient (Wildman–Crippen LogP) is 5.62. The second kappa shape index (κ2) is 18.2. The summed E-state index contributed by atoms with van der Waals surface area (Å²) in [6, 6.07) is 19.7. The number of nitrogens with one attached hydrogen (secondary N) is 2. The van der Waals surface area contributed by atoms with E-state index in [-0.39, 0.29) is 24.3 Å². The number of nitrogens with zero attached hydrogens (tertiary/aromatic N) is 3. The van der Waals surface area contributed by atoms with Crippen molar-refractivity contribution in [1.29, 1.82) is 0 Å². The normalized spacial score (nSPS) is 16.2. The van der Waals surface area contributed by atoms with Gasteiger partial charge in [0.2, 0.25) is 17.7 Å². The van der Waals surface area contributed by atoms with E-state index in [2.05, 4.69) is 22.6 Å². The highest BCUT2D eigenvalue weighted by molar-refractivity contribution is 5.95. The molecule has 1 heterocycles. The molecule has 0 aliphatic carbocycles. The Kier molecular flexibility index (Phi) is 14.0. The molecular weight excluding hydrogens is 648 g/mol. The first kappa shape index (κ1) is 39.4. The highest BCUT2D eigenvalue weighted by Crippen LogP contribution is 2.22. The summed E-state index contributed by atoms with van der Waals surface area (Å²) >= 11 is 0. The first-order chi connectivity index (χ1) is 24.3. The Morgan fingerprint density at radius 1 is 0.902 bits per heavy atom. The van der Waals surface area contributed by atoms with Crippen molar-refractivity contribution in [3.8, 4) is 11.1 Å². The Hall–Kier alpha value is -4.41. The molecule has 1 saturated heterocycles. The van der Waals surface area contributed by atoms with Crippen LogP contribution in [-0.2, 0) is 27.2 Å². The fourth-order valence-electron chi connectivity index (χ4n) is 6.41. The van der Waals surface area contributed by atoms with Crippen LogP contribution in [0.3, 0.4) is 0 Å². The van der Waals surface area contributed by atoms with Gasteiger partial charge < -0.3 is 25.3 Å². The standard InChI is InChI=1S/C41H53F2N5O3/c1-41(2,44-3)23-10-15-38(49)47(5)37(27-29-16-19-32(20-17-29)31-12-8-7-9-13-31)40(51)48(6)36(28-30-18-21-34(42)35(43)26-30)39(50)45-24-22-33-14-11-25-46(33)4/h7-10,12-13,15-21,26,33,36-37,44H,11,14,22-25,27-28H2,1-6H3,(H,45,50)/t33?,36-,37-/m1/s1. The summed E-state index contributed by atoms with van der Waals surface area (Å²) in [6.07, 6.45) is 6.94. The summed E-state index contributed by atoms with van der Waals surface area (Å²) in [6.45, 7) is 5.47.